The first-order valence-electron chi connectivity index (χ1n) is 0. The minimum absolute atomic E-state index is 0. The van der Waals surface area contributed by atoms with Gasteiger partial charge >= 0.3 is 29.6 Å². The molecule has 0 aromatic rings. The van der Waals surface area contributed by atoms with Gasteiger partial charge < -0.3 is 0 Å². The van der Waals surface area contributed by atoms with Crippen molar-refractivity contribution >= 4 is 42.0 Å². The fourth-order valence-corrected chi connectivity index (χ4v) is 0. The van der Waals surface area contributed by atoms with Crippen molar-refractivity contribution in [3.63, 3.8) is 0 Å². The van der Waals surface area contributed by atoms with Gasteiger partial charge in [0.25, 0.3) is 0 Å². The molecule has 0 aromatic carbocycles. The SMILES string of the molecule is Cl.F.[NaH].[Zn]. The van der Waals surface area contributed by atoms with Crippen LogP contribution in [0.2, 0.25) is 0 Å². The first-order chi connectivity index (χ1) is 0. The Kier molecular flexibility index (Phi) is 212. The van der Waals surface area contributed by atoms with Crippen LogP contribution in [0.4, 0.5) is 4.70 Å². The van der Waals surface area contributed by atoms with E-state index in [1.807, 2.05) is 0 Å². The molecule has 0 unspecified atom stereocenters. The number of rotatable bonds is 0. The molecule has 0 spiro atoms. The summed E-state index contributed by atoms with van der Waals surface area (Å²) in [4.78, 5) is 0. The molecule has 0 saturated heterocycles. The van der Waals surface area contributed by atoms with Crippen LogP contribution in [-0.4, -0.2) is 29.6 Å². The summed E-state index contributed by atoms with van der Waals surface area (Å²) in [6.45, 7) is 0. The second kappa shape index (κ2) is 21.1. The molecule has 0 nitrogen and oxygen atoms in total. The van der Waals surface area contributed by atoms with Crippen LogP contribution < -0.4 is 0 Å². The number of hydrogen-bond acceptors (Lipinski definition) is 0. The number of hydrogen-bond donors (Lipinski definition) is 0. The second-order valence-electron chi connectivity index (χ2n) is 0. The van der Waals surface area contributed by atoms with Crippen LogP contribution in [0.5, 0.6) is 0 Å². The molecule has 0 fully saturated rings. The van der Waals surface area contributed by atoms with Crippen molar-refractivity contribution in [3.05, 3.63) is 0 Å². The van der Waals surface area contributed by atoms with Crippen LogP contribution in [0.1, 0.15) is 0 Å². The average molecular weight is 146 g/mol. The molecule has 0 aliphatic carbocycles. The smallest absolute Gasteiger partial charge is 0 e. The fraction of sp³-hybridized carbons (Fsp3) is 0. The Labute approximate surface area is 65.5 Å². The zero-order valence-electron chi connectivity index (χ0n) is 1.52. The Morgan fingerprint density at radius 3 is 1.00 bits per heavy atom. The minimum atomic E-state index is 0. The fourth-order valence-electron chi connectivity index (χ4n) is 0. The van der Waals surface area contributed by atoms with E-state index in [4.69, 9.17) is 0 Å². The van der Waals surface area contributed by atoms with Crippen LogP contribution in [0, 0.1) is 0 Å². The molecule has 0 amide bonds. The van der Waals surface area contributed by atoms with Gasteiger partial charge in [-0.05, 0) is 0 Å². The van der Waals surface area contributed by atoms with Gasteiger partial charge in [0.15, 0.2) is 0 Å². The molecule has 0 aromatic heterocycles. The van der Waals surface area contributed by atoms with Crippen LogP contribution in [0.15, 0.2) is 0 Å². The van der Waals surface area contributed by atoms with Gasteiger partial charge in [-0.2, -0.15) is 0 Å². The number of halogens is 2. The molecule has 0 rings (SSSR count). The molecular weight excluding hydrogens is 143 g/mol. The van der Waals surface area contributed by atoms with Crippen LogP contribution in [-0.2, 0) is 19.5 Å². The summed E-state index contributed by atoms with van der Waals surface area (Å²) in [5.41, 5.74) is 0. The maximum Gasteiger partial charge on any atom is 0 e. The summed E-state index contributed by atoms with van der Waals surface area (Å²) in [6, 6.07) is 0. The molecule has 0 aliphatic rings. The third-order valence-electron chi connectivity index (χ3n) is 0. The predicted octanol–water partition coefficient (Wildman–Crippen LogP) is -0.0767. The van der Waals surface area contributed by atoms with Crippen molar-refractivity contribution in [1.29, 1.82) is 0 Å². The summed E-state index contributed by atoms with van der Waals surface area (Å²) in [5.74, 6) is 0. The Hall–Kier alpha value is 1.84. The molecule has 0 atom stereocenters. The van der Waals surface area contributed by atoms with Gasteiger partial charge in [-0.15, -0.1) is 12.4 Å². The minimum Gasteiger partial charge on any atom is 0 e. The largest absolute Gasteiger partial charge is 0 e. The van der Waals surface area contributed by atoms with E-state index in [0.29, 0.717) is 0 Å². The zero-order chi connectivity index (χ0) is 0. The van der Waals surface area contributed by atoms with Gasteiger partial charge in [0.05, 0.1) is 0 Å². The molecule has 0 aliphatic heterocycles. The topological polar surface area (TPSA) is 0 Å². The van der Waals surface area contributed by atoms with Gasteiger partial charge in [0.2, 0.25) is 0 Å². The summed E-state index contributed by atoms with van der Waals surface area (Å²) in [6.07, 6.45) is 0. The summed E-state index contributed by atoms with van der Waals surface area (Å²) in [5, 5.41) is 0. The van der Waals surface area contributed by atoms with Crippen molar-refractivity contribution in [1.82, 2.24) is 0 Å². The van der Waals surface area contributed by atoms with Gasteiger partial charge in [0, 0.05) is 19.5 Å². The molecule has 0 saturated carbocycles. The second-order valence-corrected chi connectivity index (χ2v) is 0. The normalized spacial score (nSPS) is 0. The summed E-state index contributed by atoms with van der Waals surface area (Å²) >= 11 is 0. The summed E-state index contributed by atoms with van der Waals surface area (Å²) in [7, 11) is 0. The van der Waals surface area contributed by atoms with Gasteiger partial charge in [-0.3, -0.25) is 4.70 Å². The maximum absolute atomic E-state index is 0. The van der Waals surface area contributed by atoms with Gasteiger partial charge in [-0.1, -0.05) is 0 Å². The Morgan fingerprint density at radius 1 is 1.00 bits per heavy atom. The van der Waals surface area contributed by atoms with Crippen molar-refractivity contribution in [2.75, 3.05) is 0 Å². The third-order valence-corrected chi connectivity index (χ3v) is 0. The molecule has 20 valence electrons. The molecule has 0 radical (unpaired) electrons. The molecule has 4 heavy (non-hydrogen) atoms. The summed E-state index contributed by atoms with van der Waals surface area (Å²) < 4.78 is 0. The van der Waals surface area contributed by atoms with Gasteiger partial charge in [-0.25, -0.2) is 0 Å². The van der Waals surface area contributed by atoms with E-state index in [1.54, 1.807) is 0 Å². The van der Waals surface area contributed by atoms with E-state index < -0.39 is 0 Å². The van der Waals surface area contributed by atoms with E-state index >= 15 is 0 Å². The van der Waals surface area contributed by atoms with Gasteiger partial charge in [0.1, 0.15) is 0 Å². The average Bonchev–Trinajstić information content (AvgIpc) is 0. The Bertz CT molecular complexity index is 8.00. The first-order valence-corrected chi connectivity index (χ1v) is 0. The van der Waals surface area contributed by atoms with Crippen LogP contribution in [0.3, 0.4) is 0 Å². The maximum atomic E-state index is 0. The molecular formula is H3ClFNaZn. The molecule has 0 heterocycles. The van der Waals surface area contributed by atoms with Crippen LogP contribution >= 0.6 is 12.4 Å². The van der Waals surface area contributed by atoms with E-state index in [-0.39, 0.29) is 66.1 Å². The Balaban J connectivity index is 0. The predicted molar refractivity (Wildman–Crippen MR) is 16.9 cm³/mol. The quantitative estimate of drug-likeness (QED) is 0.419. The van der Waals surface area contributed by atoms with Crippen molar-refractivity contribution in [2.45, 2.75) is 0 Å². The van der Waals surface area contributed by atoms with E-state index in [2.05, 4.69) is 0 Å². The molecule has 0 N–H and O–H groups in total. The van der Waals surface area contributed by atoms with Crippen molar-refractivity contribution in [3.8, 4) is 0 Å². The van der Waals surface area contributed by atoms with E-state index in [1.165, 1.54) is 0 Å². The first kappa shape index (κ1) is 40.3. The molecule has 4 heteroatoms. The third kappa shape index (κ3) is 9.14. The zero-order valence-corrected chi connectivity index (χ0v) is 5.31. The van der Waals surface area contributed by atoms with E-state index in [9.17, 15) is 0 Å². The Morgan fingerprint density at radius 2 is 1.00 bits per heavy atom. The standard InChI is InChI=1S/ClH.FH.Na.Zn.H/h2*1H;;;. The van der Waals surface area contributed by atoms with Crippen molar-refractivity contribution < 1.29 is 24.2 Å². The molecule has 0 bridgehead atoms. The van der Waals surface area contributed by atoms with E-state index in [0.717, 1.165) is 0 Å². The van der Waals surface area contributed by atoms with Crippen LogP contribution in [0.25, 0.3) is 0 Å². The monoisotopic (exact) mass is 144 g/mol. The van der Waals surface area contributed by atoms with Crippen molar-refractivity contribution in [2.24, 2.45) is 0 Å².